The Balaban J connectivity index is 1.76. The number of anilines is 1. The maximum Gasteiger partial charge on any atom is 0.128 e. The third-order valence-electron chi connectivity index (χ3n) is 4.70. The van der Waals surface area contributed by atoms with Crippen LogP contribution < -0.4 is 10.2 Å². The molecule has 5 nitrogen and oxygen atoms in total. The van der Waals surface area contributed by atoms with Gasteiger partial charge in [0.05, 0.1) is 13.2 Å². The molecular formula is C22H40N4O. The van der Waals surface area contributed by atoms with Gasteiger partial charge < -0.3 is 15.0 Å². The highest BCUT2D eigenvalue weighted by Gasteiger charge is 2.19. The highest BCUT2D eigenvalue weighted by molar-refractivity contribution is 5.40. The third-order valence-corrected chi connectivity index (χ3v) is 4.70. The van der Waals surface area contributed by atoms with Crippen molar-refractivity contribution in [3.05, 3.63) is 23.9 Å². The lowest BCUT2D eigenvalue weighted by Crippen LogP contribution is -2.47. The Kier molecular flexibility index (Phi) is 7.66. The summed E-state index contributed by atoms with van der Waals surface area (Å²) in [6.07, 6.45) is 2.02. The van der Waals surface area contributed by atoms with Crippen molar-refractivity contribution in [1.29, 1.82) is 0 Å². The van der Waals surface area contributed by atoms with Crippen molar-refractivity contribution in [1.82, 2.24) is 15.2 Å². The summed E-state index contributed by atoms with van der Waals surface area (Å²) in [6, 6.07) is 4.67. The standard InChI is InChI=1S/C22H40N4O/c1-18(24-22(5,6)7)19-8-9-20(23-16-19)26-12-10-25(11-13-26)14-15-27-17-21(2,3)4/h8-9,16,18,24H,10-15,17H2,1-7H3. The van der Waals surface area contributed by atoms with Gasteiger partial charge in [-0.1, -0.05) is 26.8 Å². The molecule has 1 atom stereocenters. The fourth-order valence-electron chi connectivity index (χ4n) is 3.35. The molecule has 2 heterocycles. The van der Waals surface area contributed by atoms with Crippen LogP contribution in [-0.2, 0) is 4.74 Å². The number of nitrogens with zero attached hydrogens (tertiary/aromatic N) is 3. The number of hydrogen-bond acceptors (Lipinski definition) is 5. The van der Waals surface area contributed by atoms with Crippen LogP contribution >= 0.6 is 0 Å². The minimum absolute atomic E-state index is 0.102. The van der Waals surface area contributed by atoms with Crippen molar-refractivity contribution < 1.29 is 4.74 Å². The first-order valence-corrected chi connectivity index (χ1v) is 10.3. The normalized spacial score (nSPS) is 18.0. The summed E-state index contributed by atoms with van der Waals surface area (Å²) in [5.74, 6) is 1.09. The Bertz CT molecular complexity index is 551. The Hall–Kier alpha value is -1.17. The monoisotopic (exact) mass is 376 g/mol. The minimum Gasteiger partial charge on any atom is -0.380 e. The highest BCUT2D eigenvalue weighted by Crippen LogP contribution is 2.19. The lowest BCUT2D eigenvalue weighted by atomic mass is 9.99. The van der Waals surface area contributed by atoms with Crippen LogP contribution in [0, 0.1) is 5.41 Å². The van der Waals surface area contributed by atoms with Crippen molar-refractivity contribution in [2.75, 3.05) is 50.8 Å². The van der Waals surface area contributed by atoms with E-state index in [-0.39, 0.29) is 11.0 Å². The summed E-state index contributed by atoms with van der Waals surface area (Å²) in [5, 5.41) is 3.60. The van der Waals surface area contributed by atoms with Crippen LogP contribution in [0.5, 0.6) is 0 Å². The highest BCUT2D eigenvalue weighted by atomic mass is 16.5. The smallest absolute Gasteiger partial charge is 0.128 e. The molecule has 2 rings (SSSR count). The molecule has 27 heavy (non-hydrogen) atoms. The van der Waals surface area contributed by atoms with Gasteiger partial charge in [0.2, 0.25) is 0 Å². The predicted octanol–water partition coefficient (Wildman–Crippen LogP) is 3.72. The second-order valence-electron chi connectivity index (χ2n) is 10.0. The zero-order chi connectivity index (χ0) is 20.1. The molecule has 1 aliphatic heterocycles. The van der Waals surface area contributed by atoms with E-state index in [1.807, 2.05) is 6.20 Å². The van der Waals surface area contributed by atoms with E-state index < -0.39 is 0 Å². The molecule has 0 amide bonds. The SMILES string of the molecule is CC(NC(C)(C)C)c1ccc(N2CCN(CCOCC(C)(C)C)CC2)nc1. The fourth-order valence-corrected chi connectivity index (χ4v) is 3.35. The maximum atomic E-state index is 5.81. The summed E-state index contributed by atoms with van der Waals surface area (Å²) in [5.41, 5.74) is 1.59. The zero-order valence-corrected chi connectivity index (χ0v) is 18.5. The average Bonchev–Trinajstić information content (AvgIpc) is 2.57. The second-order valence-corrected chi connectivity index (χ2v) is 10.0. The van der Waals surface area contributed by atoms with Crippen molar-refractivity contribution >= 4 is 5.82 Å². The number of nitrogens with one attached hydrogen (secondary N) is 1. The Morgan fingerprint density at radius 1 is 1.07 bits per heavy atom. The van der Waals surface area contributed by atoms with Crippen LogP contribution in [0.25, 0.3) is 0 Å². The molecule has 1 N–H and O–H groups in total. The number of pyridine rings is 1. The largest absolute Gasteiger partial charge is 0.380 e. The first-order chi connectivity index (χ1) is 12.5. The van der Waals surface area contributed by atoms with Crippen LogP contribution in [-0.4, -0.2) is 61.4 Å². The molecule has 0 aliphatic carbocycles. The summed E-state index contributed by atoms with van der Waals surface area (Å²) in [4.78, 5) is 9.60. The summed E-state index contributed by atoms with van der Waals surface area (Å²) < 4.78 is 5.81. The van der Waals surface area contributed by atoms with Crippen LogP contribution in [0.1, 0.15) is 60.1 Å². The van der Waals surface area contributed by atoms with Crippen LogP contribution in [0.15, 0.2) is 18.3 Å². The number of rotatable bonds is 7. The number of piperazine rings is 1. The maximum absolute atomic E-state index is 5.81. The van der Waals surface area contributed by atoms with Gasteiger partial charge in [0, 0.05) is 50.5 Å². The van der Waals surface area contributed by atoms with E-state index in [9.17, 15) is 0 Å². The van der Waals surface area contributed by atoms with Gasteiger partial charge in [0.1, 0.15) is 5.82 Å². The van der Waals surface area contributed by atoms with Gasteiger partial charge >= 0.3 is 0 Å². The second kappa shape index (κ2) is 9.35. The Morgan fingerprint density at radius 3 is 2.26 bits per heavy atom. The third kappa shape index (κ3) is 8.16. The van der Waals surface area contributed by atoms with Gasteiger partial charge in [0.25, 0.3) is 0 Å². The number of aromatic nitrogens is 1. The zero-order valence-electron chi connectivity index (χ0n) is 18.5. The Labute approximate surface area is 166 Å². The van der Waals surface area contributed by atoms with Crippen molar-refractivity contribution in [2.45, 2.75) is 60.0 Å². The lowest BCUT2D eigenvalue weighted by Gasteiger charge is -2.35. The van der Waals surface area contributed by atoms with E-state index in [4.69, 9.17) is 9.72 Å². The van der Waals surface area contributed by atoms with Crippen molar-refractivity contribution in [3.63, 3.8) is 0 Å². The predicted molar refractivity (Wildman–Crippen MR) is 114 cm³/mol. The Morgan fingerprint density at radius 2 is 1.74 bits per heavy atom. The van der Waals surface area contributed by atoms with Gasteiger partial charge in [-0.05, 0) is 44.7 Å². The molecule has 5 heteroatoms. The molecule has 0 radical (unpaired) electrons. The first-order valence-electron chi connectivity index (χ1n) is 10.3. The van der Waals surface area contributed by atoms with E-state index in [0.717, 1.165) is 51.8 Å². The molecule has 154 valence electrons. The topological polar surface area (TPSA) is 40.6 Å². The molecule has 0 bridgehead atoms. The van der Waals surface area contributed by atoms with Gasteiger partial charge in [-0.3, -0.25) is 4.90 Å². The van der Waals surface area contributed by atoms with Gasteiger partial charge in [0.15, 0.2) is 0 Å². The average molecular weight is 377 g/mol. The van der Waals surface area contributed by atoms with Gasteiger partial charge in [-0.15, -0.1) is 0 Å². The van der Waals surface area contributed by atoms with E-state index in [2.05, 4.69) is 75.7 Å². The quantitative estimate of drug-likeness (QED) is 0.735. The summed E-state index contributed by atoms with van der Waals surface area (Å²) in [7, 11) is 0. The van der Waals surface area contributed by atoms with E-state index in [0.29, 0.717) is 6.04 Å². The fraction of sp³-hybridized carbons (Fsp3) is 0.773. The molecule has 1 aromatic heterocycles. The number of hydrogen-bond donors (Lipinski definition) is 1. The molecule has 1 unspecified atom stereocenters. The first kappa shape index (κ1) is 22.1. The van der Waals surface area contributed by atoms with Crippen molar-refractivity contribution in [3.8, 4) is 0 Å². The van der Waals surface area contributed by atoms with Crippen LogP contribution in [0.2, 0.25) is 0 Å². The van der Waals surface area contributed by atoms with Gasteiger partial charge in [-0.25, -0.2) is 4.98 Å². The van der Waals surface area contributed by atoms with E-state index >= 15 is 0 Å². The molecular weight excluding hydrogens is 336 g/mol. The molecule has 1 fully saturated rings. The lowest BCUT2D eigenvalue weighted by molar-refractivity contribution is 0.0537. The molecule has 1 aliphatic rings. The van der Waals surface area contributed by atoms with E-state index in [1.54, 1.807) is 0 Å². The van der Waals surface area contributed by atoms with Crippen LogP contribution in [0.3, 0.4) is 0 Å². The number of ether oxygens (including phenoxy) is 1. The summed E-state index contributed by atoms with van der Waals surface area (Å²) >= 11 is 0. The van der Waals surface area contributed by atoms with E-state index in [1.165, 1.54) is 5.56 Å². The molecule has 1 saturated heterocycles. The molecule has 0 saturated carbocycles. The van der Waals surface area contributed by atoms with Gasteiger partial charge in [-0.2, -0.15) is 0 Å². The molecule has 1 aromatic rings. The van der Waals surface area contributed by atoms with Crippen molar-refractivity contribution in [2.24, 2.45) is 5.41 Å². The molecule has 0 aromatic carbocycles. The minimum atomic E-state index is 0.102. The van der Waals surface area contributed by atoms with Crippen LogP contribution in [0.4, 0.5) is 5.82 Å². The molecule has 0 spiro atoms. The summed E-state index contributed by atoms with van der Waals surface area (Å²) in [6.45, 7) is 22.3.